The SMILES string of the molecule is CO/N=C\c1c(-c2ccc(Cl)cc2)nc2cc(C)ccn12. The van der Waals surface area contributed by atoms with Gasteiger partial charge in [-0.15, -0.1) is 0 Å². The first-order valence-corrected chi connectivity index (χ1v) is 6.88. The maximum absolute atomic E-state index is 5.95. The minimum Gasteiger partial charge on any atom is -0.399 e. The van der Waals surface area contributed by atoms with Gasteiger partial charge in [0.05, 0.1) is 17.6 Å². The molecule has 3 rings (SSSR count). The number of rotatable bonds is 3. The van der Waals surface area contributed by atoms with Gasteiger partial charge < -0.3 is 4.84 Å². The minimum atomic E-state index is 0.700. The summed E-state index contributed by atoms with van der Waals surface area (Å²) in [5.74, 6) is 0. The van der Waals surface area contributed by atoms with Crippen molar-refractivity contribution in [1.82, 2.24) is 9.38 Å². The van der Waals surface area contributed by atoms with Gasteiger partial charge in [0.25, 0.3) is 0 Å². The largest absolute Gasteiger partial charge is 0.399 e. The number of fused-ring (bicyclic) bond motifs is 1. The standard InChI is InChI=1S/C16H14ClN3O/c1-11-7-8-20-14(10-18-21-2)16(19-15(20)9-11)12-3-5-13(17)6-4-12/h3-10H,1-2H3/b18-10-. The maximum Gasteiger partial charge on any atom is 0.138 e. The highest BCUT2D eigenvalue weighted by atomic mass is 35.5. The monoisotopic (exact) mass is 299 g/mol. The second kappa shape index (κ2) is 5.58. The van der Waals surface area contributed by atoms with E-state index in [0.29, 0.717) is 5.02 Å². The molecule has 0 saturated carbocycles. The van der Waals surface area contributed by atoms with Crippen LogP contribution < -0.4 is 0 Å². The first kappa shape index (κ1) is 13.6. The molecule has 5 heteroatoms. The Bertz CT molecular complexity index is 806. The van der Waals surface area contributed by atoms with E-state index in [2.05, 4.69) is 5.16 Å². The van der Waals surface area contributed by atoms with Gasteiger partial charge >= 0.3 is 0 Å². The Labute approximate surface area is 127 Å². The lowest BCUT2D eigenvalue weighted by Gasteiger charge is -2.00. The molecule has 0 spiro atoms. The van der Waals surface area contributed by atoms with Crippen LogP contribution in [0.4, 0.5) is 0 Å². The summed E-state index contributed by atoms with van der Waals surface area (Å²) in [5, 5.41) is 4.58. The van der Waals surface area contributed by atoms with Crippen LogP contribution in [0, 0.1) is 6.92 Å². The highest BCUT2D eigenvalue weighted by Crippen LogP contribution is 2.25. The number of benzene rings is 1. The van der Waals surface area contributed by atoms with Crippen LogP contribution in [0.5, 0.6) is 0 Å². The van der Waals surface area contributed by atoms with Crippen molar-refractivity contribution in [2.75, 3.05) is 7.11 Å². The van der Waals surface area contributed by atoms with Gasteiger partial charge in [-0.05, 0) is 36.8 Å². The highest BCUT2D eigenvalue weighted by Gasteiger charge is 2.12. The second-order valence-electron chi connectivity index (χ2n) is 4.70. The molecule has 0 radical (unpaired) electrons. The van der Waals surface area contributed by atoms with Crippen LogP contribution in [0.2, 0.25) is 5.02 Å². The Kier molecular flexibility index (Phi) is 3.62. The van der Waals surface area contributed by atoms with E-state index >= 15 is 0 Å². The van der Waals surface area contributed by atoms with E-state index in [4.69, 9.17) is 21.4 Å². The fraction of sp³-hybridized carbons (Fsp3) is 0.125. The Morgan fingerprint density at radius 1 is 1.24 bits per heavy atom. The number of halogens is 1. The summed E-state index contributed by atoms with van der Waals surface area (Å²) in [4.78, 5) is 9.50. The summed E-state index contributed by atoms with van der Waals surface area (Å²) in [6.07, 6.45) is 3.65. The van der Waals surface area contributed by atoms with E-state index in [1.807, 2.05) is 53.9 Å². The Morgan fingerprint density at radius 2 is 2.00 bits per heavy atom. The smallest absolute Gasteiger partial charge is 0.138 e. The number of nitrogens with zero attached hydrogens (tertiary/aromatic N) is 3. The van der Waals surface area contributed by atoms with Gasteiger partial charge in [-0.3, -0.25) is 4.40 Å². The number of hydrogen-bond acceptors (Lipinski definition) is 3. The lowest BCUT2D eigenvalue weighted by molar-refractivity contribution is 0.215. The molecular formula is C16H14ClN3O. The van der Waals surface area contributed by atoms with E-state index in [1.165, 1.54) is 7.11 Å². The van der Waals surface area contributed by atoms with Crippen LogP contribution >= 0.6 is 11.6 Å². The molecule has 0 aliphatic rings. The molecule has 0 amide bonds. The minimum absolute atomic E-state index is 0.700. The highest BCUT2D eigenvalue weighted by molar-refractivity contribution is 6.30. The summed E-state index contributed by atoms with van der Waals surface area (Å²) < 4.78 is 1.99. The summed E-state index contributed by atoms with van der Waals surface area (Å²) in [6, 6.07) is 11.7. The first-order valence-electron chi connectivity index (χ1n) is 6.50. The van der Waals surface area contributed by atoms with Crippen molar-refractivity contribution in [1.29, 1.82) is 0 Å². The molecule has 3 aromatic rings. The molecule has 0 N–H and O–H groups in total. The van der Waals surface area contributed by atoms with Crippen LogP contribution in [0.1, 0.15) is 11.3 Å². The number of hydrogen-bond donors (Lipinski definition) is 0. The van der Waals surface area contributed by atoms with Crippen LogP contribution in [0.25, 0.3) is 16.9 Å². The molecule has 0 aliphatic heterocycles. The third-order valence-electron chi connectivity index (χ3n) is 3.22. The molecule has 106 valence electrons. The van der Waals surface area contributed by atoms with Gasteiger partial charge in [0.1, 0.15) is 12.8 Å². The molecule has 0 unspecified atom stereocenters. The predicted octanol–water partition coefficient (Wildman–Crippen LogP) is 3.94. The van der Waals surface area contributed by atoms with Crippen LogP contribution in [-0.2, 0) is 4.84 Å². The molecule has 1 aromatic carbocycles. The Hall–Kier alpha value is -2.33. The number of aromatic nitrogens is 2. The van der Waals surface area contributed by atoms with E-state index in [-0.39, 0.29) is 0 Å². The average Bonchev–Trinajstić information content (AvgIpc) is 2.83. The summed E-state index contributed by atoms with van der Waals surface area (Å²) >= 11 is 5.95. The van der Waals surface area contributed by atoms with Crippen molar-refractivity contribution >= 4 is 23.5 Å². The molecular weight excluding hydrogens is 286 g/mol. The first-order chi connectivity index (χ1) is 10.2. The fourth-order valence-electron chi connectivity index (χ4n) is 2.21. The van der Waals surface area contributed by atoms with Crippen molar-refractivity contribution in [3.05, 3.63) is 58.9 Å². The van der Waals surface area contributed by atoms with Gasteiger partial charge in [-0.1, -0.05) is 28.9 Å². The Morgan fingerprint density at radius 3 is 2.71 bits per heavy atom. The molecule has 0 saturated heterocycles. The third kappa shape index (κ3) is 2.62. The molecule has 2 heterocycles. The van der Waals surface area contributed by atoms with Crippen molar-refractivity contribution in [3.63, 3.8) is 0 Å². The van der Waals surface area contributed by atoms with Crippen LogP contribution in [0.3, 0.4) is 0 Å². The van der Waals surface area contributed by atoms with Gasteiger partial charge in [0.15, 0.2) is 0 Å². The molecule has 0 bridgehead atoms. The van der Waals surface area contributed by atoms with Crippen LogP contribution in [0.15, 0.2) is 47.8 Å². The van der Waals surface area contributed by atoms with Crippen molar-refractivity contribution < 1.29 is 4.84 Å². The quantitative estimate of drug-likeness (QED) is 0.543. The van der Waals surface area contributed by atoms with Crippen molar-refractivity contribution in [2.45, 2.75) is 6.92 Å². The van der Waals surface area contributed by atoms with E-state index in [9.17, 15) is 0 Å². The number of pyridine rings is 1. The molecule has 2 aromatic heterocycles. The second-order valence-corrected chi connectivity index (χ2v) is 5.14. The van der Waals surface area contributed by atoms with Crippen molar-refractivity contribution in [3.8, 4) is 11.3 Å². The van der Waals surface area contributed by atoms with E-state index in [0.717, 1.165) is 28.2 Å². The number of oxime groups is 1. The molecule has 0 aliphatic carbocycles. The fourth-order valence-corrected chi connectivity index (χ4v) is 2.34. The van der Waals surface area contributed by atoms with Gasteiger partial charge in [0.2, 0.25) is 0 Å². The molecule has 4 nitrogen and oxygen atoms in total. The molecule has 21 heavy (non-hydrogen) atoms. The lowest BCUT2D eigenvalue weighted by atomic mass is 10.1. The third-order valence-corrected chi connectivity index (χ3v) is 3.47. The van der Waals surface area contributed by atoms with E-state index in [1.54, 1.807) is 6.21 Å². The number of aryl methyl sites for hydroxylation is 1. The molecule has 0 fully saturated rings. The summed E-state index contributed by atoms with van der Waals surface area (Å²) in [7, 11) is 1.52. The van der Waals surface area contributed by atoms with Crippen LogP contribution in [-0.4, -0.2) is 22.7 Å². The van der Waals surface area contributed by atoms with E-state index < -0.39 is 0 Å². The zero-order valence-corrected chi connectivity index (χ0v) is 12.5. The zero-order chi connectivity index (χ0) is 14.8. The average molecular weight is 300 g/mol. The maximum atomic E-state index is 5.95. The van der Waals surface area contributed by atoms with Gasteiger partial charge in [-0.2, -0.15) is 0 Å². The Balaban J connectivity index is 2.24. The topological polar surface area (TPSA) is 38.9 Å². The summed E-state index contributed by atoms with van der Waals surface area (Å²) in [6.45, 7) is 2.04. The summed E-state index contributed by atoms with van der Waals surface area (Å²) in [5.41, 5.74) is 4.73. The number of imidazole rings is 1. The van der Waals surface area contributed by atoms with Gasteiger partial charge in [0, 0.05) is 16.8 Å². The van der Waals surface area contributed by atoms with Crippen molar-refractivity contribution in [2.24, 2.45) is 5.16 Å². The molecule has 0 atom stereocenters. The normalized spacial score (nSPS) is 11.4. The zero-order valence-electron chi connectivity index (χ0n) is 11.7. The van der Waals surface area contributed by atoms with Gasteiger partial charge in [-0.25, -0.2) is 4.98 Å². The predicted molar refractivity (Wildman–Crippen MR) is 85.0 cm³/mol. The lowest BCUT2D eigenvalue weighted by Crippen LogP contribution is -1.93.